The van der Waals surface area contributed by atoms with E-state index in [1.807, 2.05) is 18.2 Å². The molecule has 0 aliphatic heterocycles. The Morgan fingerprint density at radius 3 is 2.88 bits per heavy atom. The highest BCUT2D eigenvalue weighted by atomic mass is 35.5. The molecule has 1 amide bonds. The molecule has 0 aromatic heterocycles. The number of halogens is 1. The van der Waals surface area contributed by atoms with Gasteiger partial charge in [-0.3, -0.25) is 4.79 Å². The molecule has 0 aliphatic carbocycles. The smallest absolute Gasteiger partial charge is 0.251 e. The zero-order valence-corrected chi connectivity index (χ0v) is 9.96. The van der Waals surface area contributed by atoms with Crippen molar-refractivity contribution in [3.8, 4) is 0 Å². The third-order valence-corrected chi connectivity index (χ3v) is 2.57. The second-order valence-corrected chi connectivity index (χ2v) is 3.85. The fourth-order valence-corrected chi connectivity index (χ4v) is 1.54. The summed E-state index contributed by atoms with van der Waals surface area (Å²) >= 11 is 5.70. The predicted molar refractivity (Wildman–Crippen MR) is 66.6 cm³/mol. The van der Waals surface area contributed by atoms with Gasteiger partial charge in [0.1, 0.15) is 0 Å². The molecule has 0 aliphatic rings. The Balaban J connectivity index is 2.46. The molecule has 4 heteroatoms. The first-order valence-corrected chi connectivity index (χ1v) is 5.94. The Bertz CT molecular complexity index is 342. The Morgan fingerprint density at radius 1 is 1.38 bits per heavy atom. The van der Waals surface area contributed by atoms with Gasteiger partial charge in [0, 0.05) is 18.0 Å². The van der Waals surface area contributed by atoms with Crippen LogP contribution in [0.25, 0.3) is 0 Å². The third kappa shape index (κ3) is 4.21. The van der Waals surface area contributed by atoms with Crippen LogP contribution in [-0.4, -0.2) is 19.0 Å². The Hall–Kier alpha value is -1.06. The van der Waals surface area contributed by atoms with Crippen molar-refractivity contribution in [3.05, 3.63) is 35.4 Å². The van der Waals surface area contributed by atoms with Crippen LogP contribution < -0.4 is 11.1 Å². The van der Waals surface area contributed by atoms with Crippen molar-refractivity contribution in [1.29, 1.82) is 0 Å². The zero-order valence-electron chi connectivity index (χ0n) is 9.21. The summed E-state index contributed by atoms with van der Waals surface area (Å²) in [5.74, 6) is 0.373. The van der Waals surface area contributed by atoms with E-state index >= 15 is 0 Å². The molecular formula is C12H17ClN2O. The molecule has 1 aromatic rings. The molecule has 0 spiro atoms. The van der Waals surface area contributed by atoms with Gasteiger partial charge in [0.25, 0.3) is 5.91 Å². The van der Waals surface area contributed by atoms with E-state index in [-0.39, 0.29) is 5.91 Å². The summed E-state index contributed by atoms with van der Waals surface area (Å²) in [6.45, 7) is 1.33. The summed E-state index contributed by atoms with van der Waals surface area (Å²) in [6.07, 6.45) is 1.85. The van der Waals surface area contributed by atoms with E-state index in [0.717, 1.165) is 18.4 Å². The number of benzene rings is 1. The molecule has 16 heavy (non-hydrogen) atoms. The molecule has 0 atom stereocenters. The van der Waals surface area contributed by atoms with Crippen LogP contribution in [0.5, 0.6) is 0 Å². The highest BCUT2D eigenvalue weighted by Crippen LogP contribution is 2.07. The van der Waals surface area contributed by atoms with Crippen molar-refractivity contribution >= 4 is 17.5 Å². The van der Waals surface area contributed by atoms with Gasteiger partial charge in [-0.1, -0.05) is 12.1 Å². The van der Waals surface area contributed by atoms with Crippen LogP contribution >= 0.6 is 11.6 Å². The minimum Gasteiger partial charge on any atom is -0.352 e. The fourth-order valence-electron chi connectivity index (χ4n) is 1.37. The van der Waals surface area contributed by atoms with Gasteiger partial charge in [-0.2, -0.15) is 0 Å². The maximum Gasteiger partial charge on any atom is 0.251 e. The molecule has 3 nitrogen and oxygen atoms in total. The van der Waals surface area contributed by atoms with Crippen molar-refractivity contribution < 1.29 is 4.79 Å². The van der Waals surface area contributed by atoms with Crippen molar-refractivity contribution in [3.63, 3.8) is 0 Å². The third-order valence-electron chi connectivity index (χ3n) is 2.26. The van der Waals surface area contributed by atoms with E-state index in [0.29, 0.717) is 24.5 Å². The summed E-state index contributed by atoms with van der Waals surface area (Å²) in [7, 11) is 0. The van der Waals surface area contributed by atoms with Crippen LogP contribution in [0.15, 0.2) is 24.3 Å². The summed E-state index contributed by atoms with van der Waals surface area (Å²) in [5, 5.41) is 2.85. The monoisotopic (exact) mass is 240 g/mol. The number of unbranched alkanes of at least 4 members (excludes halogenated alkanes) is 1. The molecule has 0 fully saturated rings. The van der Waals surface area contributed by atoms with Crippen LogP contribution in [0, 0.1) is 0 Å². The molecule has 0 bridgehead atoms. The summed E-state index contributed by atoms with van der Waals surface area (Å²) < 4.78 is 0. The lowest BCUT2D eigenvalue weighted by Crippen LogP contribution is -2.24. The van der Waals surface area contributed by atoms with Crippen molar-refractivity contribution in [2.45, 2.75) is 18.7 Å². The first-order chi connectivity index (χ1) is 7.77. The molecular weight excluding hydrogens is 224 g/mol. The SMILES string of the molecule is NCCCCNC(=O)c1cccc(CCl)c1. The number of alkyl halides is 1. The zero-order chi connectivity index (χ0) is 11.8. The lowest BCUT2D eigenvalue weighted by atomic mass is 10.1. The van der Waals surface area contributed by atoms with Crippen LogP contribution in [0.1, 0.15) is 28.8 Å². The second kappa shape index (κ2) is 7.25. The maximum atomic E-state index is 11.7. The predicted octanol–water partition coefficient (Wildman–Crippen LogP) is 1.89. The molecule has 3 N–H and O–H groups in total. The highest BCUT2D eigenvalue weighted by molar-refractivity contribution is 6.17. The number of carbonyl (C=O) groups is 1. The first-order valence-electron chi connectivity index (χ1n) is 5.41. The number of hydrogen-bond donors (Lipinski definition) is 2. The first kappa shape index (κ1) is 13.0. The molecule has 0 unspecified atom stereocenters. The van der Waals surface area contributed by atoms with Gasteiger partial charge in [0.2, 0.25) is 0 Å². The number of carbonyl (C=O) groups excluding carboxylic acids is 1. The average Bonchev–Trinajstić information content (AvgIpc) is 2.34. The van der Waals surface area contributed by atoms with Gasteiger partial charge < -0.3 is 11.1 Å². The van der Waals surface area contributed by atoms with Gasteiger partial charge in [0.15, 0.2) is 0 Å². The maximum absolute atomic E-state index is 11.7. The average molecular weight is 241 g/mol. The van der Waals surface area contributed by atoms with Crippen molar-refractivity contribution in [2.24, 2.45) is 5.73 Å². The quantitative estimate of drug-likeness (QED) is 0.590. The van der Waals surface area contributed by atoms with Gasteiger partial charge in [-0.15, -0.1) is 11.6 Å². The largest absolute Gasteiger partial charge is 0.352 e. The van der Waals surface area contributed by atoms with E-state index in [1.54, 1.807) is 6.07 Å². The summed E-state index contributed by atoms with van der Waals surface area (Å²) in [6, 6.07) is 7.34. The lowest BCUT2D eigenvalue weighted by Gasteiger charge is -2.05. The fraction of sp³-hybridized carbons (Fsp3) is 0.417. The molecule has 0 radical (unpaired) electrons. The van der Waals surface area contributed by atoms with E-state index < -0.39 is 0 Å². The minimum atomic E-state index is -0.0519. The van der Waals surface area contributed by atoms with E-state index in [1.165, 1.54) is 0 Å². The van der Waals surface area contributed by atoms with Crippen LogP contribution in [0.2, 0.25) is 0 Å². The van der Waals surface area contributed by atoms with Crippen molar-refractivity contribution in [2.75, 3.05) is 13.1 Å². The molecule has 88 valence electrons. The molecule has 0 heterocycles. The second-order valence-electron chi connectivity index (χ2n) is 3.59. The number of hydrogen-bond acceptors (Lipinski definition) is 2. The Morgan fingerprint density at radius 2 is 2.19 bits per heavy atom. The highest BCUT2D eigenvalue weighted by Gasteiger charge is 2.04. The molecule has 1 rings (SSSR count). The van der Waals surface area contributed by atoms with Gasteiger partial charge in [-0.05, 0) is 37.1 Å². The van der Waals surface area contributed by atoms with E-state index in [9.17, 15) is 4.79 Å². The van der Waals surface area contributed by atoms with Gasteiger partial charge in [-0.25, -0.2) is 0 Å². The molecule has 1 aromatic carbocycles. The summed E-state index contributed by atoms with van der Waals surface area (Å²) in [5.41, 5.74) is 6.98. The van der Waals surface area contributed by atoms with E-state index in [2.05, 4.69) is 5.32 Å². The molecule has 0 saturated carbocycles. The number of nitrogens with two attached hydrogens (primary N) is 1. The summed E-state index contributed by atoms with van der Waals surface area (Å²) in [4.78, 5) is 11.7. The normalized spacial score (nSPS) is 10.1. The number of rotatable bonds is 6. The van der Waals surface area contributed by atoms with Gasteiger partial charge >= 0.3 is 0 Å². The molecule has 0 saturated heterocycles. The van der Waals surface area contributed by atoms with Gasteiger partial charge in [0.05, 0.1) is 0 Å². The van der Waals surface area contributed by atoms with Crippen LogP contribution in [0.3, 0.4) is 0 Å². The van der Waals surface area contributed by atoms with Crippen LogP contribution in [0.4, 0.5) is 0 Å². The van der Waals surface area contributed by atoms with Crippen LogP contribution in [-0.2, 0) is 5.88 Å². The van der Waals surface area contributed by atoms with E-state index in [4.69, 9.17) is 17.3 Å². The number of nitrogens with one attached hydrogen (secondary N) is 1. The Kier molecular flexibility index (Phi) is 5.90. The standard InChI is InChI=1S/C12H17ClN2O/c13-9-10-4-3-5-11(8-10)12(16)15-7-2-1-6-14/h3-5,8H,1-2,6-7,9,14H2,(H,15,16). The Labute approximate surface area is 101 Å². The topological polar surface area (TPSA) is 55.1 Å². The number of amides is 1. The van der Waals surface area contributed by atoms with Crippen molar-refractivity contribution in [1.82, 2.24) is 5.32 Å². The lowest BCUT2D eigenvalue weighted by molar-refractivity contribution is 0.0953. The minimum absolute atomic E-state index is 0.0519.